The van der Waals surface area contributed by atoms with Gasteiger partial charge in [-0.1, -0.05) is 84.6 Å². The summed E-state index contributed by atoms with van der Waals surface area (Å²) in [6.07, 6.45) is 0. The van der Waals surface area contributed by atoms with Gasteiger partial charge in [0, 0.05) is 21.8 Å². The normalized spacial score (nSPS) is 11.2. The number of benzene rings is 3. The third-order valence-corrected chi connectivity index (χ3v) is 7.07. The summed E-state index contributed by atoms with van der Waals surface area (Å²) in [5, 5.41) is 15.2. The predicted octanol–water partition coefficient (Wildman–Crippen LogP) is 6.03. The first-order valence-corrected chi connectivity index (χ1v) is 12.7. The number of hydrogen-bond donors (Lipinski definition) is 2. The van der Waals surface area contributed by atoms with Gasteiger partial charge in [0.2, 0.25) is 11.1 Å². The van der Waals surface area contributed by atoms with Crippen LogP contribution in [0.4, 0.5) is 5.13 Å². The van der Waals surface area contributed by atoms with Crippen LogP contribution in [-0.4, -0.2) is 36.8 Å². The second-order valence-corrected chi connectivity index (χ2v) is 9.58. The van der Waals surface area contributed by atoms with Gasteiger partial charge in [-0.25, -0.2) is 9.97 Å². The van der Waals surface area contributed by atoms with Gasteiger partial charge in [-0.2, -0.15) is 0 Å². The summed E-state index contributed by atoms with van der Waals surface area (Å²) >= 11 is 2.63. The van der Waals surface area contributed by atoms with E-state index in [-0.39, 0.29) is 11.7 Å². The number of H-pyrrole nitrogens is 1. The summed E-state index contributed by atoms with van der Waals surface area (Å²) in [7, 11) is 0. The fourth-order valence-electron chi connectivity index (χ4n) is 3.78. The number of rotatable bonds is 6. The van der Waals surface area contributed by atoms with Gasteiger partial charge in [0.05, 0.1) is 11.4 Å². The molecule has 3 aromatic carbocycles. The molecule has 3 aromatic heterocycles. The lowest BCUT2D eigenvalue weighted by Gasteiger charge is -2.03. The van der Waals surface area contributed by atoms with Crippen LogP contribution in [0.2, 0.25) is 0 Å². The molecule has 3 heterocycles. The first-order chi connectivity index (χ1) is 17.2. The Bertz CT molecular complexity index is 1640. The predicted molar refractivity (Wildman–Crippen MR) is 142 cm³/mol. The number of thiazole rings is 1. The first kappa shape index (κ1) is 21.5. The van der Waals surface area contributed by atoms with Gasteiger partial charge in [-0.05, 0) is 17.2 Å². The standard InChI is InChI=1S/C26H18N6OS2/c33-22(15-35-26-30-24-23(31-32-26)19-8-4-5-9-20(19)27-24)29-25-28-21(14-34-25)18-12-10-17(11-13-18)16-6-2-1-3-7-16/h1-14H,15H2,(H,27,30,32)(H,28,29,33). The number of nitrogens with zero attached hydrogens (tertiary/aromatic N) is 4. The molecule has 35 heavy (non-hydrogen) atoms. The Morgan fingerprint density at radius 2 is 1.60 bits per heavy atom. The highest BCUT2D eigenvalue weighted by Gasteiger charge is 2.12. The average Bonchev–Trinajstić information content (AvgIpc) is 3.52. The fourth-order valence-corrected chi connectivity index (χ4v) is 5.10. The van der Waals surface area contributed by atoms with E-state index in [9.17, 15) is 4.79 Å². The summed E-state index contributed by atoms with van der Waals surface area (Å²) in [6.45, 7) is 0. The van der Waals surface area contributed by atoms with E-state index in [4.69, 9.17) is 0 Å². The molecule has 2 N–H and O–H groups in total. The van der Waals surface area contributed by atoms with E-state index >= 15 is 0 Å². The van der Waals surface area contributed by atoms with Crippen LogP contribution in [0.25, 0.3) is 44.5 Å². The molecule has 0 spiro atoms. The molecule has 0 aliphatic heterocycles. The molecule has 1 amide bonds. The van der Waals surface area contributed by atoms with Crippen molar-refractivity contribution in [3.05, 3.63) is 84.2 Å². The maximum atomic E-state index is 12.5. The zero-order valence-electron chi connectivity index (χ0n) is 18.3. The van der Waals surface area contributed by atoms with Crippen molar-refractivity contribution in [3.63, 3.8) is 0 Å². The molecular weight excluding hydrogens is 476 g/mol. The van der Waals surface area contributed by atoms with Gasteiger partial charge in [0.1, 0.15) is 5.52 Å². The Morgan fingerprint density at radius 3 is 2.46 bits per heavy atom. The molecule has 170 valence electrons. The highest BCUT2D eigenvalue weighted by atomic mass is 32.2. The smallest absolute Gasteiger partial charge is 0.236 e. The summed E-state index contributed by atoms with van der Waals surface area (Å²) in [6, 6.07) is 26.3. The van der Waals surface area contributed by atoms with Gasteiger partial charge in [0.25, 0.3) is 0 Å². The molecule has 6 aromatic rings. The number of amides is 1. The SMILES string of the molecule is O=C(CSc1nnc2c(n1)[nH]c1ccccc12)Nc1nc(-c2ccc(-c3ccccc3)cc2)cs1. The van der Waals surface area contributed by atoms with Gasteiger partial charge in [0.15, 0.2) is 10.8 Å². The number of para-hydroxylation sites is 1. The largest absolute Gasteiger partial charge is 0.338 e. The van der Waals surface area contributed by atoms with Crippen molar-refractivity contribution in [2.45, 2.75) is 5.16 Å². The average molecular weight is 495 g/mol. The van der Waals surface area contributed by atoms with E-state index in [1.807, 2.05) is 60.0 Å². The van der Waals surface area contributed by atoms with Crippen LogP contribution in [0.1, 0.15) is 0 Å². The van der Waals surface area contributed by atoms with Crippen molar-refractivity contribution >= 4 is 56.2 Å². The van der Waals surface area contributed by atoms with Gasteiger partial charge < -0.3 is 10.3 Å². The van der Waals surface area contributed by atoms with Crippen LogP contribution < -0.4 is 5.32 Å². The van der Waals surface area contributed by atoms with E-state index < -0.39 is 0 Å². The summed E-state index contributed by atoms with van der Waals surface area (Å²) < 4.78 is 0. The Balaban J connectivity index is 1.09. The number of hydrogen-bond acceptors (Lipinski definition) is 7. The molecule has 0 aliphatic rings. The molecule has 0 saturated heterocycles. The highest BCUT2D eigenvalue weighted by Crippen LogP contribution is 2.28. The maximum absolute atomic E-state index is 12.5. The molecule has 7 nitrogen and oxygen atoms in total. The molecule has 0 unspecified atom stereocenters. The monoisotopic (exact) mass is 494 g/mol. The third-order valence-electron chi connectivity index (χ3n) is 5.47. The van der Waals surface area contributed by atoms with Crippen molar-refractivity contribution < 1.29 is 4.79 Å². The number of carbonyl (C=O) groups is 1. The Hall–Kier alpha value is -4.08. The minimum Gasteiger partial charge on any atom is -0.338 e. The molecule has 6 rings (SSSR count). The van der Waals surface area contributed by atoms with Crippen LogP contribution in [0.5, 0.6) is 0 Å². The zero-order chi connectivity index (χ0) is 23.6. The zero-order valence-corrected chi connectivity index (χ0v) is 19.9. The lowest BCUT2D eigenvalue weighted by Crippen LogP contribution is -2.14. The minimum atomic E-state index is -0.171. The van der Waals surface area contributed by atoms with E-state index in [2.05, 4.69) is 54.7 Å². The maximum Gasteiger partial charge on any atom is 0.236 e. The molecule has 9 heteroatoms. The number of anilines is 1. The van der Waals surface area contributed by atoms with E-state index in [1.165, 1.54) is 28.7 Å². The lowest BCUT2D eigenvalue weighted by molar-refractivity contribution is -0.113. The first-order valence-electron chi connectivity index (χ1n) is 10.9. The quantitative estimate of drug-likeness (QED) is 0.275. The number of nitrogens with one attached hydrogen (secondary N) is 2. The number of carbonyl (C=O) groups excluding carboxylic acids is 1. The number of thioether (sulfide) groups is 1. The number of fused-ring (bicyclic) bond motifs is 3. The molecule has 0 aliphatic carbocycles. The topological polar surface area (TPSA) is 96.5 Å². The minimum absolute atomic E-state index is 0.161. The third kappa shape index (κ3) is 4.51. The van der Waals surface area contributed by atoms with Gasteiger partial charge in [-0.3, -0.25) is 4.79 Å². The molecule has 0 bridgehead atoms. The molecule has 0 atom stereocenters. The summed E-state index contributed by atoms with van der Waals surface area (Å²) in [5.41, 5.74) is 6.49. The second kappa shape index (κ2) is 9.28. The van der Waals surface area contributed by atoms with Crippen LogP contribution in [0.15, 0.2) is 89.4 Å². The molecule has 0 fully saturated rings. The molecular formula is C26H18N6OS2. The Morgan fingerprint density at radius 1 is 0.857 bits per heavy atom. The summed E-state index contributed by atoms with van der Waals surface area (Å²) in [5.74, 6) is -0.00986. The van der Waals surface area contributed by atoms with E-state index in [0.29, 0.717) is 15.9 Å². The van der Waals surface area contributed by atoms with Crippen molar-refractivity contribution in [3.8, 4) is 22.4 Å². The van der Waals surface area contributed by atoms with E-state index in [0.717, 1.165) is 33.2 Å². The van der Waals surface area contributed by atoms with Crippen molar-refractivity contribution in [2.24, 2.45) is 0 Å². The Kier molecular flexibility index (Phi) is 5.69. The summed E-state index contributed by atoms with van der Waals surface area (Å²) in [4.78, 5) is 24.8. The number of aromatic nitrogens is 5. The van der Waals surface area contributed by atoms with Crippen LogP contribution in [0, 0.1) is 0 Å². The molecule has 0 saturated carbocycles. The number of aromatic amines is 1. The fraction of sp³-hybridized carbons (Fsp3) is 0.0385. The Labute approximate surface area is 208 Å². The molecule has 0 radical (unpaired) electrons. The van der Waals surface area contributed by atoms with Crippen LogP contribution in [0.3, 0.4) is 0 Å². The van der Waals surface area contributed by atoms with Crippen molar-refractivity contribution in [1.82, 2.24) is 25.1 Å². The lowest BCUT2D eigenvalue weighted by atomic mass is 10.0. The van der Waals surface area contributed by atoms with E-state index in [1.54, 1.807) is 0 Å². The van der Waals surface area contributed by atoms with Gasteiger partial charge >= 0.3 is 0 Å². The van der Waals surface area contributed by atoms with Crippen LogP contribution >= 0.6 is 23.1 Å². The van der Waals surface area contributed by atoms with Crippen molar-refractivity contribution in [1.29, 1.82) is 0 Å². The highest BCUT2D eigenvalue weighted by molar-refractivity contribution is 7.99. The van der Waals surface area contributed by atoms with Crippen molar-refractivity contribution in [2.75, 3.05) is 11.1 Å². The second-order valence-electron chi connectivity index (χ2n) is 7.78. The van der Waals surface area contributed by atoms with Gasteiger partial charge in [-0.15, -0.1) is 21.5 Å². The van der Waals surface area contributed by atoms with Crippen LogP contribution in [-0.2, 0) is 4.79 Å².